The van der Waals surface area contributed by atoms with Gasteiger partial charge in [-0.05, 0) is 36.4 Å². The van der Waals surface area contributed by atoms with Crippen molar-refractivity contribution in [2.75, 3.05) is 11.5 Å². The second kappa shape index (κ2) is 4.17. The summed E-state index contributed by atoms with van der Waals surface area (Å²) in [4.78, 5) is 4.59. The Morgan fingerprint density at radius 2 is 1.74 bits per heavy atom. The molecule has 0 fully saturated rings. The fourth-order valence-corrected chi connectivity index (χ4v) is 2.56. The zero-order valence-corrected chi connectivity index (χ0v) is 11.1. The topological polar surface area (TPSA) is 69.9 Å². The molecular weight excluding hydrogens is 260 g/mol. The van der Waals surface area contributed by atoms with E-state index < -0.39 is 0 Å². The number of nitrogen functional groups attached to an aromatic ring is 2. The Balaban J connectivity index is 2.28. The number of benzene rings is 2. The van der Waals surface area contributed by atoms with Gasteiger partial charge >= 0.3 is 0 Å². The number of hydrogen-bond donors (Lipinski definition) is 2. The molecule has 0 bridgehead atoms. The third-order valence-corrected chi connectivity index (χ3v) is 3.40. The SMILES string of the molecule is Cn1c(-c2ccc(N)cc2)nc2cc(N)cc(Cl)c21. The number of imidazole rings is 1. The number of fused-ring (bicyclic) bond motifs is 1. The zero-order chi connectivity index (χ0) is 13.6. The van der Waals surface area contributed by atoms with Crippen molar-refractivity contribution < 1.29 is 0 Å². The van der Waals surface area contributed by atoms with Gasteiger partial charge in [-0.25, -0.2) is 4.98 Å². The molecule has 3 aromatic rings. The maximum Gasteiger partial charge on any atom is 0.140 e. The summed E-state index contributed by atoms with van der Waals surface area (Å²) in [6, 6.07) is 11.1. The maximum atomic E-state index is 6.23. The molecule has 0 radical (unpaired) electrons. The van der Waals surface area contributed by atoms with Gasteiger partial charge in [0.15, 0.2) is 0 Å². The number of rotatable bonds is 1. The molecule has 5 heteroatoms. The molecule has 0 aliphatic heterocycles. The van der Waals surface area contributed by atoms with Crippen molar-refractivity contribution in [1.82, 2.24) is 9.55 Å². The normalized spacial score (nSPS) is 11.1. The molecular formula is C14H13ClN4. The second-order valence-corrected chi connectivity index (χ2v) is 4.89. The van der Waals surface area contributed by atoms with E-state index >= 15 is 0 Å². The average Bonchev–Trinajstić information content (AvgIpc) is 2.67. The molecule has 4 N–H and O–H groups in total. The fraction of sp³-hybridized carbons (Fsp3) is 0.0714. The van der Waals surface area contributed by atoms with Crippen LogP contribution in [0.3, 0.4) is 0 Å². The van der Waals surface area contributed by atoms with Crippen LogP contribution >= 0.6 is 11.6 Å². The summed E-state index contributed by atoms with van der Waals surface area (Å²) >= 11 is 6.23. The van der Waals surface area contributed by atoms with Crippen LogP contribution in [0.2, 0.25) is 5.02 Å². The summed E-state index contributed by atoms with van der Waals surface area (Å²) in [5, 5.41) is 0.603. The Morgan fingerprint density at radius 1 is 1.05 bits per heavy atom. The molecule has 0 saturated heterocycles. The second-order valence-electron chi connectivity index (χ2n) is 4.49. The standard InChI is InChI=1S/C14H13ClN4/c1-19-13-11(15)6-10(17)7-12(13)18-14(19)8-2-4-9(16)5-3-8/h2-7H,16-17H2,1H3. The van der Waals surface area contributed by atoms with E-state index in [1.54, 1.807) is 6.07 Å². The molecule has 0 amide bonds. The summed E-state index contributed by atoms with van der Waals surface area (Å²) in [5.41, 5.74) is 15.5. The van der Waals surface area contributed by atoms with Gasteiger partial charge < -0.3 is 16.0 Å². The minimum absolute atomic E-state index is 0.603. The number of hydrogen-bond acceptors (Lipinski definition) is 3. The lowest BCUT2D eigenvalue weighted by molar-refractivity contribution is 0.959. The monoisotopic (exact) mass is 272 g/mol. The third kappa shape index (κ3) is 1.90. The van der Waals surface area contributed by atoms with Crippen LogP contribution in [-0.4, -0.2) is 9.55 Å². The summed E-state index contributed by atoms with van der Waals surface area (Å²) in [5.74, 6) is 0.836. The lowest BCUT2D eigenvalue weighted by Crippen LogP contribution is -1.93. The van der Waals surface area contributed by atoms with Crippen molar-refractivity contribution in [2.24, 2.45) is 7.05 Å². The van der Waals surface area contributed by atoms with Crippen LogP contribution in [0.15, 0.2) is 36.4 Å². The third-order valence-electron chi connectivity index (χ3n) is 3.11. The van der Waals surface area contributed by atoms with Crippen LogP contribution in [0.5, 0.6) is 0 Å². The Bertz CT molecular complexity index is 759. The molecule has 1 aromatic heterocycles. The molecule has 1 heterocycles. The minimum Gasteiger partial charge on any atom is -0.399 e. The van der Waals surface area contributed by atoms with Gasteiger partial charge in [-0.15, -0.1) is 0 Å². The highest BCUT2D eigenvalue weighted by molar-refractivity contribution is 6.35. The minimum atomic E-state index is 0.603. The predicted molar refractivity (Wildman–Crippen MR) is 80.0 cm³/mol. The van der Waals surface area contributed by atoms with Crippen molar-refractivity contribution in [3.8, 4) is 11.4 Å². The maximum absolute atomic E-state index is 6.23. The van der Waals surface area contributed by atoms with Gasteiger partial charge in [0.1, 0.15) is 5.82 Å². The van der Waals surface area contributed by atoms with Crippen LogP contribution in [0.1, 0.15) is 0 Å². The molecule has 0 aliphatic rings. The first kappa shape index (κ1) is 11.9. The van der Waals surface area contributed by atoms with Crippen molar-refractivity contribution in [1.29, 1.82) is 0 Å². The van der Waals surface area contributed by atoms with E-state index in [4.69, 9.17) is 23.1 Å². The number of nitrogens with two attached hydrogens (primary N) is 2. The molecule has 19 heavy (non-hydrogen) atoms. The number of aryl methyl sites for hydroxylation is 1. The predicted octanol–water partition coefficient (Wildman–Crippen LogP) is 3.06. The summed E-state index contributed by atoms with van der Waals surface area (Å²) in [6.07, 6.45) is 0. The number of anilines is 2. The van der Waals surface area contributed by atoms with E-state index in [9.17, 15) is 0 Å². The summed E-state index contributed by atoms with van der Waals surface area (Å²) < 4.78 is 1.96. The number of nitrogens with zero attached hydrogens (tertiary/aromatic N) is 2. The Kier molecular flexibility index (Phi) is 2.61. The highest BCUT2D eigenvalue weighted by atomic mass is 35.5. The van der Waals surface area contributed by atoms with E-state index in [0.29, 0.717) is 10.7 Å². The lowest BCUT2D eigenvalue weighted by Gasteiger charge is -2.04. The smallest absolute Gasteiger partial charge is 0.140 e. The molecule has 0 aliphatic carbocycles. The molecule has 0 saturated carbocycles. The van der Waals surface area contributed by atoms with Gasteiger partial charge in [-0.2, -0.15) is 0 Å². The summed E-state index contributed by atoms with van der Waals surface area (Å²) in [7, 11) is 1.93. The van der Waals surface area contributed by atoms with Crippen LogP contribution in [0, 0.1) is 0 Å². The Labute approximate surface area is 115 Å². The van der Waals surface area contributed by atoms with Gasteiger partial charge in [0, 0.05) is 24.0 Å². The molecule has 0 spiro atoms. The molecule has 3 rings (SSSR count). The van der Waals surface area contributed by atoms with Gasteiger partial charge in [-0.3, -0.25) is 0 Å². The first-order valence-electron chi connectivity index (χ1n) is 5.83. The van der Waals surface area contributed by atoms with E-state index in [1.807, 2.05) is 41.9 Å². The molecule has 96 valence electrons. The van der Waals surface area contributed by atoms with Crippen LogP contribution in [0.4, 0.5) is 11.4 Å². The average molecular weight is 273 g/mol. The van der Waals surface area contributed by atoms with Crippen molar-refractivity contribution in [3.05, 3.63) is 41.4 Å². The molecule has 0 unspecified atom stereocenters. The molecule has 4 nitrogen and oxygen atoms in total. The fourth-order valence-electron chi connectivity index (χ4n) is 2.21. The highest BCUT2D eigenvalue weighted by Crippen LogP contribution is 2.30. The zero-order valence-electron chi connectivity index (χ0n) is 10.4. The van der Waals surface area contributed by atoms with E-state index in [0.717, 1.165) is 28.1 Å². The van der Waals surface area contributed by atoms with Crippen molar-refractivity contribution in [2.45, 2.75) is 0 Å². The molecule has 0 atom stereocenters. The van der Waals surface area contributed by atoms with Crippen molar-refractivity contribution >= 4 is 34.0 Å². The largest absolute Gasteiger partial charge is 0.399 e. The number of aromatic nitrogens is 2. The van der Waals surface area contributed by atoms with E-state index in [1.165, 1.54) is 0 Å². The lowest BCUT2D eigenvalue weighted by atomic mass is 10.2. The first-order valence-corrected chi connectivity index (χ1v) is 6.21. The molecule has 2 aromatic carbocycles. The quantitative estimate of drug-likeness (QED) is 0.669. The summed E-state index contributed by atoms with van der Waals surface area (Å²) in [6.45, 7) is 0. The Hall–Kier alpha value is -2.20. The van der Waals surface area contributed by atoms with Crippen LogP contribution < -0.4 is 11.5 Å². The van der Waals surface area contributed by atoms with Gasteiger partial charge in [0.05, 0.1) is 16.1 Å². The van der Waals surface area contributed by atoms with Crippen LogP contribution in [0.25, 0.3) is 22.4 Å². The number of halogens is 1. The van der Waals surface area contributed by atoms with Crippen LogP contribution in [-0.2, 0) is 7.05 Å². The first-order chi connectivity index (χ1) is 9.06. The van der Waals surface area contributed by atoms with Gasteiger partial charge in [0.2, 0.25) is 0 Å². The van der Waals surface area contributed by atoms with Gasteiger partial charge in [0.25, 0.3) is 0 Å². The van der Waals surface area contributed by atoms with E-state index in [2.05, 4.69) is 4.98 Å². The van der Waals surface area contributed by atoms with Gasteiger partial charge in [-0.1, -0.05) is 11.6 Å². The Morgan fingerprint density at radius 3 is 2.42 bits per heavy atom. The highest BCUT2D eigenvalue weighted by Gasteiger charge is 2.13. The van der Waals surface area contributed by atoms with Crippen molar-refractivity contribution in [3.63, 3.8) is 0 Å². The van der Waals surface area contributed by atoms with E-state index in [-0.39, 0.29) is 0 Å².